The van der Waals surface area contributed by atoms with E-state index in [1.54, 1.807) is 17.9 Å². The van der Waals surface area contributed by atoms with Gasteiger partial charge in [-0.2, -0.15) is 0 Å². The molecule has 0 unspecified atom stereocenters. The summed E-state index contributed by atoms with van der Waals surface area (Å²) in [6.07, 6.45) is 3.24. The van der Waals surface area contributed by atoms with Crippen molar-refractivity contribution in [3.8, 4) is 11.8 Å². The summed E-state index contributed by atoms with van der Waals surface area (Å²) in [6, 6.07) is 0.756. The van der Waals surface area contributed by atoms with Crippen molar-refractivity contribution in [2.75, 3.05) is 18.0 Å². The zero-order chi connectivity index (χ0) is 25.2. The van der Waals surface area contributed by atoms with Crippen molar-refractivity contribution in [3.05, 3.63) is 15.8 Å². The number of anilines is 1. The number of amides is 2. The van der Waals surface area contributed by atoms with Crippen LogP contribution in [0.25, 0.3) is 0 Å². The molecule has 186 valence electrons. The van der Waals surface area contributed by atoms with Crippen molar-refractivity contribution in [2.24, 2.45) is 17.3 Å². The van der Waals surface area contributed by atoms with Crippen molar-refractivity contribution < 1.29 is 24.6 Å². The number of likely N-dealkylation sites (tertiary alicyclic amines) is 1. The molecule has 0 radical (unpaired) electrons. The third kappa shape index (κ3) is 6.19. The number of carbonyl (C=O) groups is 3. The van der Waals surface area contributed by atoms with Gasteiger partial charge >= 0.3 is 5.97 Å². The van der Waals surface area contributed by atoms with E-state index in [-0.39, 0.29) is 40.3 Å². The van der Waals surface area contributed by atoms with Gasteiger partial charge in [-0.25, -0.2) is 4.79 Å². The van der Waals surface area contributed by atoms with E-state index in [1.165, 1.54) is 4.90 Å². The molecule has 1 saturated carbocycles. The maximum absolute atomic E-state index is 13.8. The zero-order valence-corrected chi connectivity index (χ0v) is 21.6. The van der Waals surface area contributed by atoms with Crippen LogP contribution in [0.3, 0.4) is 0 Å². The number of carboxylic acid groups (broad SMARTS) is 1. The van der Waals surface area contributed by atoms with E-state index in [1.807, 2.05) is 20.8 Å². The Balaban J connectivity index is 2.02. The van der Waals surface area contributed by atoms with Gasteiger partial charge in [-0.3, -0.25) is 14.5 Å². The van der Waals surface area contributed by atoms with Gasteiger partial charge in [0.05, 0.1) is 16.7 Å². The molecular formula is C26H36N2O5S. The molecule has 1 saturated heterocycles. The Morgan fingerprint density at radius 3 is 2.35 bits per heavy atom. The average molecular weight is 489 g/mol. The van der Waals surface area contributed by atoms with Crippen LogP contribution >= 0.6 is 11.3 Å². The smallest absolute Gasteiger partial charge is 0.348 e. The number of carboxylic acids is 1. The van der Waals surface area contributed by atoms with Crippen molar-refractivity contribution in [3.63, 3.8) is 0 Å². The molecule has 2 fully saturated rings. The second kappa shape index (κ2) is 10.5. The minimum atomic E-state index is -1.14. The first-order valence-corrected chi connectivity index (χ1v) is 12.9. The van der Waals surface area contributed by atoms with Gasteiger partial charge in [0.1, 0.15) is 10.9 Å². The van der Waals surface area contributed by atoms with Gasteiger partial charge in [-0.05, 0) is 71.8 Å². The van der Waals surface area contributed by atoms with E-state index < -0.39 is 18.1 Å². The highest BCUT2D eigenvalue weighted by atomic mass is 32.1. The normalized spacial score (nSPS) is 23.7. The lowest BCUT2D eigenvalue weighted by Crippen LogP contribution is -2.51. The summed E-state index contributed by atoms with van der Waals surface area (Å²) in [7, 11) is 0. The molecule has 7 nitrogen and oxygen atoms in total. The number of thiophene rings is 1. The van der Waals surface area contributed by atoms with Crippen molar-refractivity contribution in [1.82, 2.24) is 4.90 Å². The first-order valence-electron chi connectivity index (χ1n) is 12.1. The Bertz CT molecular complexity index is 991. The number of aromatic carboxylic acids is 1. The summed E-state index contributed by atoms with van der Waals surface area (Å²) < 4.78 is 0. The minimum Gasteiger partial charge on any atom is -0.477 e. The second-order valence-corrected chi connectivity index (χ2v) is 11.8. The van der Waals surface area contributed by atoms with E-state index in [0.717, 1.165) is 37.0 Å². The quantitative estimate of drug-likeness (QED) is 0.611. The SMILES string of the molecule is C[C@@H](C(=O)N1CC[C@@H](O)C1)N(c1cc(C#CC(C)(C)C)sc1C(=O)O)C(=O)[C@H]1CC[C@H](C)CC1. The molecule has 1 aromatic heterocycles. The molecule has 1 aromatic rings. The average Bonchev–Trinajstić information content (AvgIpc) is 3.38. The van der Waals surface area contributed by atoms with Gasteiger partial charge in [0.2, 0.25) is 11.8 Å². The molecule has 2 atom stereocenters. The predicted molar refractivity (Wildman–Crippen MR) is 133 cm³/mol. The molecule has 0 spiro atoms. The number of carbonyl (C=O) groups excluding carboxylic acids is 2. The molecule has 2 N–H and O–H groups in total. The fourth-order valence-electron chi connectivity index (χ4n) is 4.56. The van der Waals surface area contributed by atoms with Crippen LogP contribution in [0.1, 0.15) is 81.3 Å². The second-order valence-electron chi connectivity index (χ2n) is 10.7. The van der Waals surface area contributed by atoms with E-state index in [0.29, 0.717) is 23.8 Å². The van der Waals surface area contributed by atoms with Crippen molar-refractivity contribution in [1.29, 1.82) is 0 Å². The lowest BCUT2D eigenvalue weighted by molar-refractivity contribution is -0.134. The van der Waals surface area contributed by atoms with Crippen LogP contribution in [-0.2, 0) is 9.59 Å². The molecule has 2 heterocycles. The molecule has 0 aromatic carbocycles. The summed E-state index contributed by atoms with van der Waals surface area (Å²) in [6.45, 7) is 10.4. The van der Waals surface area contributed by atoms with Crippen LogP contribution in [0.5, 0.6) is 0 Å². The Hall–Kier alpha value is -2.37. The molecule has 8 heteroatoms. The molecule has 2 aliphatic rings. The fourth-order valence-corrected chi connectivity index (χ4v) is 5.40. The molecule has 34 heavy (non-hydrogen) atoms. The van der Waals surface area contributed by atoms with E-state index >= 15 is 0 Å². The monoisotopic (exact) mass is 488 g/mol. The van der Waals surface area contributed by atoms with Gasteiger partial charge in [-0.1, -0.05) is 18.8 Å². The van der Waals surface area contributed by atoms with Crippen molar-refractivity contribution in [2.45, 2.75) is 78.9 Å². The third-order valence-corrected chi connectivity index (χ3v) is 7.58. The van der Waals surface area contributed by atoms with Crippen LogP contribution in [-0.4, -0.2) is 58.1 Å². The standard InChI is InChI=1S/C26H36N2O5S/c1-16-6-8-18(9-7-16)24(31)28(17(2)23(30)27-13-11-19(29)15-27)21-14-20(10-12-26(3,4)5)34-22(21)25(32)33/h14,16-19,29H,6-9,11,13,15H2,1-5H3,(H,32,33)/t16-,17-,18-,19+/m0/s1. The van der Waals surface area contributed by atoms with E-state index in [9.17, 15) is 24.6 Å². The first kappa shape index (κ1) is 26.2. The van der Waals surface area contributed by atoms with Gasteiger partial charge in [-0.15, -0.1) is 11.3 Å². The van der Waals surface area contributed by atoms with Gasteiger partial charge in [0.15, 0.2) is 0 Å². The molecule has 1 aliphatic carbocycles. The summed E-state index contributed by atoms with van der Waals surface area (Å²) in [4.78, 5) is 42.8. The number of hydrogen-bond acceptors (Lipinski definition) is 5. The van der Waals surface area contributed by atoms with E-state index in [4.69, 9.17) is 0 Å². The van der Waals surface area contributed by atoms with Crippen LogP contribution in [0.2, 0.25) is 0 Å². The maximum atomic E-state index is 13.8. The summed E-state index contributed by atoms with van der Waals surface area (Å²) in [5.41, 5.74) is -0.0262. The van der Waals surface area contributed by atoms with Crippen LogP contribution in [0.4, 0.5) is 5.69 Å². The molecule has 1 aliphatic heterocycles. The Labute approximate surface area is 206 Å². The lowest BCUT2D eigenvalue weighted by Gasteiger charge is -2.35. The molecule has 2 amide bonds. The Morgan fingerprint density at radius 1 is 1.18 bits per heavy atom. The van der Waals surface area contributed by atoms with Gasteiger partial charge in [0, 0.05) is 24.4 Å². The number of nitrogens with zero attached hydrogens (tertiary/aromatic N) is 2. The number of β-amino-alcohol motifs (C(OH)–C–C–N with tert-alkyl or cyclic N) is 1. The highest BCUT2D eigenvalue weighted by Gasteiger charge is 2.39. The number of aliphatic hydroxyl groups is 1. The lowest BCUT2D eigenvalue weighted by atomic mass is 9.82. The largest absolute Gasteiger partial charge is 0.477 e. The van der Waals surface area contributed by atoms with Crippen LogP contribution < -0.4 is 4.90 Å². The fraction of sp³-hybridized carbons (Fsp3) is 0.654. The zero-order valence-electron chi connectivity index (χ0n) is 20.8. The van der Waals surface area contributed by atoms with E-state index in [2.05, 4.69) is 18.8 Å². The molecule has 3 rings (SSSR count). The summed E-state index contributed by atoms with van der Waals surface area (Å²) in [5.74, 6) is 4.84. The Morgan fingerprint density at radius 2 is 1.82 bits per heavy atom. The maximum Gasteiger partial charge on any atom is 0.348 e. The minimum absolute atomic E-state index is 0.0110. The van der Waals surface area contributed by atoms with Gasteiger partial charge in [0.25, 0.3) is 0 Å². The molecule has 0 bridgehead atoms. The topological polar surface area (TPSA) is 98.2 Å². The number of hydrogen-bond donors (Lipinski definition) is 2. The number of rotatable bonds is 5. The Kier molecular flexibility index (Phi) is 8.10. The number of aliphatic hydroxyl groups excluding tert-OH is 1. The van der Waals surface area contributed by atoms with Gasteiger partial charge < -0.3 is 15.1 Å². The highest BCUT2D eigenvalue weighted by molar-refractivity contribution is 7.15. The predicted octanol–water partition coefficient (Wildman–Crippen LogP) is 3.98. The van der Waals surface area contributed by atoms with Crippen LogP contribution in [0.15, 0.2) is 6.07 Å². The van der Waals surface area contributed by atoms with Crippen molar-refractivity contribution >= 4 is 34.8 Å². The van der Waals surface area contributed by atoms with Crippen LogP contribution in [0, 0.1) is 29.1 Å². The first-order chi connectivity index (χ1) is 15.9. The third-order valence-electron chi connectivity index (χ3n) is 6.55. The summed E-state index contributed by atoms with van der Waals surface area (Å²) >= 11 is 1.03. The molecular weight excluding hydrogens is 452 g/mol. The highest BCUT2D eigenvalue weighted by Crippen LogP contribution is 2.36. The summed E-state index contributed by atoms with van der Waals surface area (Å²) in [5, 5.41) is 19.8.